The third-order valence-corrected chi connectivity index (χ3v) is 6.65. The number of carbonyl (C=O) groups excluding carboxylic acids is 1. The van der Waals surface area contributed by atoms with E-state index in [4.69, 9.17) is 4.52 Å². The Balaban J connectivity index is 1.27. The number of hydrogen-bond acceptors (Lipinski definition) is 5. The van der Waals surface area contributed by atoms with Gasteiger partial charge in [0.1, 0.15) is 11.6 Å². The fourth-order valence-corrected chi connectivity index (χ4v) is 4.67. The fourth-order valence-electron chi connectivity index (χ4n) is 4.67. The first-order valence-corrected chi connectivity index (χ1v) is 11.3. The van der Waals surface area contributed by atoms with Crippen molar-refractivity contribution in [2.24, 2.45) is 0 Å². The van der Waals surface area contributed by atoms with Gasteiger partial charge in [-0.3, -0.25) is 4.79 Å². The lowest BCUT2D eigenvalue weighted by Crippen LogP contribution is -2.38. The van der Waals surface area contributed by atoms with E-state index in [0.29, 0.717) is 31.1 Å². The monoisotopic (exact) mass is 444 g/mol. The third kappa shape index (κ3) is 3.97. The number of carbonyl (C=O) groups is 1. The molecule has 170 valence electrons. The summed E-state index contributed by atoms with van der Waals surface area (Å²) in [5.41, 5.74) is 4.50. The molecule has 0 saturated carbocycles. The molecule has 1 amide bonds. The van der Waals surface area contributed by atoms with Crippen molar-refractivity contribution in [2.75, 3.05) is 13.1 Å². The van der Waals surface area contributed by atoms with Crippen LogP contribution in [0.4, 0.5) is 0 Å². The Morgan fingerprint density at radius 2 is 1.88 bits per heavy atom. The number of amides is 1. The van der Waals surface area contributed by atoms with Gasteiger partial charge in [0.2, 0.25) is 0 Å². The number of piperidine rings is 1. The van der Waals surface area contributed by atoms with Crippen molar-refractivity contribution in [3.8, 4) is 5.69 Å². The smallest absolute Gasteiger partial charge is 0.257 e. The molecule has 0 spiro atoms. The van der Waals surface area contributed by atoms with E-state index in [1.54, 1.807) is 6.20 Å². The Morgan fingerprint density at radius 1 is 1.12 bits per heavy atom. The minimum atomic E-state index is 0.0483. The highest BCUT2D eigenvalue weighted by Gasteiger charge is 2.29. The van der Waals surface area contributed by atoms with Crippen LogP contribution in [0.2, 0.25) is 0 Å². The molecule has 0 unspecified atom stereocenters. The van der Waals surface area contributed by atoms with Crippen LogP contribution < -0.4 is 0 Å². The Bertz CT molecular complexity index is 1240. The van der Waals surface area contributed by atoms with Gasteiger partial charge in [0.05, 0.1) is 35.4 Å². The summed E-state index contributed by atoms with van der Waals surface area (Å²) in [6, 6.07) is 9.89. The quantitative estimate of drug-likeness (QED) is 0.464. The first-order valence-electron chi connectivity index (χ1n) is 11.3. The van der Waals surface area contributed by atoms with Crippen molar-refractivity contribution >= 4 is 5.91 Å². The molecular formula is C25H28N6O2. The third-order valence-electron chi connectivity index (χ3n) is 6.65. The molecule has 0 atom stereocenters. The molecular weight excluding hydrogens is 416 g/mol. The maximum absolute atomic E-state index is 13.2. The van der Waals surface area contributed by atoms with Gasteiger partial charge in [-0.25, -0.2) is 9.67 Å². The Kier molecular flexibility index (Phi) is 5.58. The van der Waals surface area contributed by atoms with E-state index in [9.17, 15) is 4.79 Å². The molecule has 1 fully saturated rings. The van der Waals surface area contributed by atoms with Gasteiger partial charge < -0.3 is 14.0 Å². The molecule has 1 saturated heterocycles. The molecule has 8 heteroatoms. The maximum Gasteiger partial charge on any atom is 0.257 e. The fraction of sp³-hybridized carbons (Fsp3) is 0.360. The van der Waals surface area contributed by atoms with Crippen LogP contribution >= 0.6 is 0 Å². The first-order chi connectivity index (χ1) is 16.0. The van der Waals surface area contributed by atoms with Gasteiger partial charge in [0.25, 0.3) is 5.91 Å². The second kappa shape index (κ2) is 8.69. The van der Waals surface area contributed by atoms with Crippen LogP contribution in [0.1, 0.15) is 57.7 Å². The summed E-state index contributed by atoms with van der Waals surface area (Å²) in [6.07, 6.45) is 7.33. The molecule has 0 bridgehead atoms. The van der Waals surface area contributed by atoms with E-state index in [1.165, 1.54) is 0 Å². The van der Waals surface area contributed by atoms with Gasteiger partial charge in [-0.05, 0) is 45.7 Å². The van der Waals surface area contributed by atoms with Crippen LogP contribution in [0, 0.1) is 20.8 Å². The predicted molar refractivity (Wildman–Crippen MR) is 123 cm³/mol. The van der Waals surface area contributed by atoms with Crippen molar-refractivity contribution in [1.82, 2.24) is 29.4 Å². The first kappa shape index (κ1) is 21.2. The molecule has 0 aliphatic carbocycles. The lowest BCUT2D eigenvalue weighted by Gasteiger charge is -2.32. The van der Waals surface area contributed by atoms with Crippen molar-refractivity contribution in [3.63, 3.8) is 0 Å². The summed E-state index contributed by atoms with van der Waals surface area (Å²) in [4.78, 5) is 19.8. The van der Waals surface area contributed by atoms with Gasteiger partial charge in [-0.15, -0.1) is 0 Å². The SMILES string of the molecule is Cc1noc(C)c1Cn1ccnc1C1CCN(C(=O)c2cnn(-c3ccccc3)c2C)CC1. The van der Waals surface area contributed by atoms with Gasteiger partial charge in [-0.1, -0.05) is 23.4 Å². The summed E-state index contributed by atoms with van der Waals surface area (Å²) in [5.74, 6) is 2.28. The number of para-hydroxylation sites is 1. The minimum absolute atomic E-state index is 0.0483. The molecule has 0 radical (unpaired) electrons. The highest BCUT2D eigenvalue weighted by molar-refractivity contribution is 5.95. The highest BCUT2D eigenvalue weighted by atomic mass is 16.5. The van der Waals surface area contributed by atoms with E-state index >= 15 is 0 Å². The van der Waals surface area contributed by atoms with Gasteiger partial charge in [-0.2, -0.15) is 5.10 Å². The molecule has 1 aliphatic heterocycles. The minimum Gasteiger partial charge on any atom is -0.361 e. The van der Waals surface area contributed by atoms with Crippen molar-refractivity contribution in [3.05, 3.63) is 83.0 Å². The lowest BCUT2D eigenvalue weighted by molar-refractivity contribution is 0.0709. The van der Waals surface area contributed by atoms with E-state index < -0.39 is 0 Å². The number of benzene rings is 1. The maximum atomic E-state index is 13.2. The van der Waals surface area contributed by atoms with Crippen molar-refractivity contribution < 1.29 is 9.32 Å². The number of aryl methyl sites for hydroxylation is 2. The molecule has 4 aromatic rings. The zero-order chi connectivity index (χ0) is 22.9. The van der Waals surface area contributed by atoms with E-state index in [-0.39, 0.29) is 5.91 Å². The lowest BCUT2D eigenvalue weighted by atomic mass is 9.95. The Hall–Kier alpha value is -3.68. The summed E-state index contributed by atoms with van der Waals surface area (Å²) in [6.45, 7) is 7.97. The second-order valence-corrected chi connectivity index (χ2v) is 8.67. The normalized spacial score (nSPS) is 14.7. The van der Waals surface area contributed by atoms with E-state index in [2.05, 4.69) is 19.8 Å². The van der Waals surface area contributed by atoms with Gasteiger partial charge in [0.15, 0.2) is 0 Å². The standard InChI is InChI=1S/C25H28N6O2/c1-17-23(19(3)33-28-17)16-30-14-11-26-24(30)20-9-12-29(13-10-20)25(32)22-15-27-31(18(22)2)21-7-5-4-6-8-21/h4-8,11,14-15,20H,9-10,12-13,16H2,1-3H3. The zero-order valence-electron chi connectivity index (χ0n) is 19.2. The number of aromatic nitrogens is 5. The van der Waals surface area contributed by atoms with Gasteiger partial charge >= 0.3 is 0 Å². The number of nitrogens with zero attached hydrogens (tertiary/aromatic N) is 6. The van der Waals surface area contributed by atoms with Crippen LogP contribution in [0.15, 0.2) is 53.4 Å². The average Bonchev–Trinajstić information content (AvgIpc) is 3.55. The van der Waals surface area contributed by atoms with E-state index in [0.717, 1.165) is 47.1 Å². The molecule has 5 rings (SSSR count). The van der Waals surface area contributed by atoms with Crippen LogP contribution in [0.5, 0.6) is 0 Å². The Morgan fingerprint density at radius 3 is 2.58 bits per heavy atom. The van der Waals surface area contributed by atoms with Gasteiger partial charge in [0, 0.05) is 37.0 Å². The number of hydrogen-bond donors (Lipinski definition) is 0. The van der Waals surface area contributed by atoms with Crippen molar-refractivity contribution in [1.29, 1.82) is 0 Å². The predicted octanol–water partition coefficient (Wildman–Crippen LogP) is 4.05. The molecule has 8 nitrogen and oxygen atoms in total. The summed E-state index contributed by atoms with van der Waals surface area (Å²) in [5, 5.41) is 8.53. The molecule has 0 N–H and O–H groups in total. The zero-order valence-corrected chi connectivity index (χ0v) is 19.2. The number of imidazole rings is 1. The topological polar surface area (TPSA) is 82.0 Å². The van der Waals surface area contributed by atoms with Crippen molar-refractivity contribution in [2.45, 2.75) is 46.1 Å². The molecule has 1 aliphatic rings. The summed E-state index contributed by atoms with van der Waals surface area (Å²) < 4.78 is 9.32. The summed E-state index contributed by atoms with van der Waals surface area (Å²) >= 11 is 0. The second-order valence-electron chi connectivity index (χ2n) is 8.67. The Labute approximate surface area is 192 Å². The van der Waals surface area contributed by atoms with Crippen LogP contribution in [0.3, 0.4) is 0 Å². The number of rotatable bonds is 5. The summed E-state index contributed by atoms with van der Waals surface area (Å²) in [7, 11) is 0. The van der Waals surface area contributed by atoms with Crippen LogP contribution in [-0.2, 0) is 6.54 Å². The largest absolute Gasteiger partial charge is 0.361 e. The molecule has 4 heterocycles. The molecule has 3 aromatic heterocycles. The molecule has 1 aromatic carbocycles. The highest BCUT2D eigenvalue weighted by Crippen LogP contribution is 2.29. The van der Waals surface area contributed by atoms with E-state index in [1.807, 2.05) is 73.1 Å². The average molecular weight is 445 g/mol. The number of likely N-dealkylation sites (tertiary alicyclic amines) is 1. The van der Waals surface area contributed by atoms with Crippen LogP contribution in [0.25, 0.3) is 5.69 Å². The van der Waals surface area contributed by atoms with Crippen LogP contribution in [-0.4, -0.2) is 48.4 Å². The molecule has 33 heavy (non-hydrogen) atoms.